The van der Waals surface area contributed by atoms with Gasteiger partial charge < -0.3 is 10.5 Å². The van der Waals surface area contributed by atoms with E-state index in [9.17, 15) is 0 Å². The predicted octanol–water partition coefficient (Wildman–Crippen LogP) is 1.37. The highest BCUT2D eigenvalue weighted by molar-refractivity contribution is 5.00. The first-order chi connectivity index (χ1) is 7.11. The van der Waals surface area contributed by atoms with E-state index < -0.39 is 0 Å². The van der Waals surface area contributed by atoms with Gasteiger partial charge in [-0.15, -0.1) is 0 Å². The van der Waals surface area contributed by atoms with Crippen LogP contribution in [0.5, 0.6) is 0 Å². The molecule has 0 aromatic heterocycles. The van der Waals surface area contributed by atoms with Crippen LogP contribution >= 0.6 is 0 Å². The molecule has 0 bridgehead atoms. The lowest BCUT2D eigenvalue weighted by Crippen LogP contribution is -2.68. The van der Waals surface area contributed by atoms with Gasteiger partial charge in [0.05, 0.1) is 12.2 Å². The third-order valence-electron chi connectivity index (χ3n) is 3.61. The zero-order chi connectivity index (χ0) is 10.9. The zero-order valence-corrected chi connectivity index (χ0v) is 10.0. The standard InChI is InChI=1S/C12H24N2O/c1-3-6-12(13)8-14(9-12)7-11-5-4-10(2)15-11/h10-11H,3-9,13H2,1-2H3. The molecule has 2 aliphatic heterocycles. The first kappa shape index (κ1) is 11.4. The number of likely N-dealkylation sites (tertiary alicyclic amines) is 1. The van der Waals surface area contributed by atoms with Crippen LogP contribution in [0.15, 0.2) is 0 Å². The molecule has 2 aliphatic rings. The highest BCUT2D eigenvalue weighted by atomic mass is 16.5. The minimum Gasteiger partial charge on any atom is -0.374 e. The molecule has 0 radical (unpaired) electrons. The highest BCUT2D eigenvalue weighted by Gasteiger charge is 2.39. The molecule has 3 heteroatoms. The number of nitrogens with zero attached hydrogens (tertiary/aromatic N) is 1. The van der Waals surface area contributed by atoms with Gasteiger partial charge in [-0.05, 0) is 26.2 Å². The summed E-state index contributed by atoms with van der Waals surface area (Å²) in [6.45, 7) is 7.59. The fourth-order valence-corrected chi connectivity index (χ4v) is 2.94. The number of hydrogen-bond acceptors (Lipinski definition) is 3. The molecule has 88 valence electrons. The van der Waals surface area contributed by atoms with Gasteiger partial charge in [0.2, 0.25) is 0 Å². The Morgan fingerprint density at radius 3 is 2.67 bits per heavy atom. The van der Waals surface area contributed by atoms with Crippen LogP contribution in [0.2, 0.25) is 0 Å². The van der Waals surface area contributed by atoms with Crippen LogP contribution in [-0.2, 0) is 4.74 Å². The molecule has 2 rings (SSSR count). The molecule has 2 N–H and O–H groups in total. The van der Waals surface area contributed by atoms with Crippen molar-refractivity contribution in [2.24, 2.45) is 5.73 Å². The third-order valence-corrected chi connectivity index (χ3v) is 3.61. The minimum atomic E-state index is 0.110. The smallest absolute Gasteiger partial charge is 0.0706 e. The second kappa shape index (κ2) is 4.40. The maximum absolute atomic E-state index is 6.22. The van der Waals surface area contributed by atoms with Crippen LogP contribution in [-0.4, -0.2) is 42.3 Å². The third kappa shape index (κ3) is 2.71. The van der Waals surface area contributed by atoms with E-state index in [2.05, 4.69) is 18.7 Å². The van der Waals surface area contributed by atoms with E-state index >= 15 is 0 Å². The summed E-state index contributed by atoms with van der Waals surface area (Å²) < 4.78 is 5.81. The molecule has 2 unspecified atom stereocenters. The van der Waals surface area contributed by atoms with Crippen molar-refractivity contribution in [1.82, 2.24) is 4.90 Å². The summed E-state index contributed by atoms with van der Waals surface area (Å²) in [6, 6.07) is 0. The SMILES string of the molecule is CCCC1(N)CN(CC2CCC(C)O2)C1. The van der Waals surface area contributed by atoms with E-state index in [1.165, 1.54) is 19.3 Å². The van der Waals surface area contributed by atoms with Crippen molar-refractivity contribution in [3.8, 4) is 0 Å². The maximum Gasteiger partial charge on any atom is 0.0706 e. The quantitative estimate of drug-likeness (QED) is 0.765. The molecular weight excluding hydrogens is 188 g/mol. The Labute approximate surface area is 93.0 Å². The second-order valence-electron chi connectivity index (χ2n) is 5.43. The van der Waals surface area contributed by atoms with Crippen LogP contribution in [0.4, 0.5) is 0 Å². The van der Waals surface area contributed by atoms with E-state index in [1.54, 1.807) is 0 Å². The second-order valence-corrected chi connectivity index (χ2v) is 5.43. The number of nitrogens with two attached hydrogens (primary N) is 1. The van der Waals surface area contributed by atoms with Gasteiger partial charge in [0, 0.05) is 25.2 Å². The van der Waals surface area contributed by atoms with Crippen molar-refractivity contribution in [2.45, 2.75) is 57.3 Å². The van der Waals surface area contributed by atoms with Crippen molar-refractivity contribution < 1.29 is 4.74 Å². The Morgan fingerprint density at radius 2 is 2.13 bits per heavy atom. The monoisotopic (exact) mass is 212 g/mol. The lowest BCUT2D eigenvalue weighted by molar-refractivity contribution is -0.0111. The van der Waals surface area contributed by atoms with Gasteiger partial charge in [0.25, 0.3) is 0 Å². The Morgan fingerprint density at radius 1 is 1.40 bits per heavy atom. The fourth-order valence-electron chi connectivity index (χ4n) is 2.94. The van der Waals surface area contributed by atoms with Crippen molar-refractivity contribution in [3.05, 3.63) is 0 Å². The average molecular weight is 212 g/mol. The summed E-state index contributed by atoms with van der Waals surface area (Å²) in [5, 5.41) is 0. The van der Waals surface area contributed by atoms with Gasteiger partial charge in [0.15, 0.2) is 0 Å². The minimum absolute atomic E-state index is 0.110. The van der Waals surface area contributed by atoms with Crippen molar-refractivity contribution in [2.75, 3.05) is 19.6 Å². The highest BCUT2D eigenvalue weighted by Crippen LogP contribution is 2.26. The molecule has 0 aromatic rings. The molecule has 0 amide bonds. The summed E-state index contributed by atoms with van der Waals surface area (Å²) in [5.74, 6) is 0. The van der Waals surface area contributed by atoms with E-state index in [1.807, 2.05) is 0 Å². The van der Waals surface area contributed by atoms with E-state index in [0.717, 1.165) is 26.1 Å². The molecule has 2 atom stereocenters. The molecule has 0 spiro atoms. The summed E-state index contributed by atoms with van der Waals surface area (Å²) in [5.41, 5.74) is 6.33. The molecular formula is C12H24N2O. The normalized spacial score (nSPS) is 35.4. The lowest BCUT2D eigenvalue weighted by Gasteiger charge is -2.48. The van der Waals surface area contributed by atoms with E-state index in [0.29, 0.717) is 12.2 Å². The molecule has 2 saturated heterocycles. The number of rotatable bonds is 4. The summed E-state index contributed by atoms with van der Waals surface area (Å²) in [7, 11) is 0. The van der Waals surface area contributed by atoms with Crippen LogP contribution in [0.1, 0.15) is 39.5 Å². The zero-order valence-electron chi connectivity index (χ0n) is 10.0. The first-order valence-electron chi connectivity index (χ1n) is 6.28. The van der Waals surface area contributed by atoms with Crippen LogP contribution < -0.4 is 5.73 Å². The van der Waals surface area contributed by atoms with Crippen molar-refractivity contribution in [1.29, 1.82) is 0 Å². The molecule has 15 heavy (non-hydrogen) atoms. The number of hydrogen-bond donors (Lipinski definition) is 1. The van der Waals surface area contributed by atoms with Crippen LogP contribution in [0.25, 0.3) is 0 Å². The Kier molecular flexibility index (Phi) is 3.33. The molecule has 3 nitrogen and oxygen atoms in total. The lowest BCUT2D eigenvalue weighted by atomic mass is 9.86. The predicted molar refractivity (Wildman–Crippen MR) is 61.8 cm³/mol. The molecule has 0 saturated carbocycles. The average Bonchev–Trinajstić information content (AvgIpc) is 2.49. The summed E-state index contributed by atoms with van der Waals surface area (Å²) in [4.78, 5) is 2.44. The van der Waals surface area contributed by atoms with Gasteiger partial charge in [-0.2, -0.15) is 0 Å². The fraction of sp³-hybridized carbons (Fsp3) is 1.00. The molecule has 2 fully saturated rings. The maximum atomic E-state index is 6.22. The Hall–Kier alpha value is -0.120. The van der Waals surface area contributed by atoms with Gasteiger partial charge >= 0.3 is 0 Å². The van der Waals surface area contributed by atoms with Gasteiger partial charge in [-0.25, -0.2) is 0 Å². The Balaban J connectivity index is 1.67. The van der Waals surface area contributed by atoms with E-state index in [4.69, 9.17) is 10.5 Å². The van der Waals surface area contributed by atoms with Crippen LogP contribution in [0, 0.1) is 0 Å². The molecule has 2 heterocycles. The van der Waals surface area contributed by atoms with Gasteiger partial charge in [-0.1, -0.05) is 13.3 Å². The number of ether oxygens (including phenoxy) is 1. The first-order valence-corrected chi connectivity index (χ1v) is 6.28. The van der Waals surface area contributed by atoms with E-state index in [-0.39, 0.29) is 5.54 Å². The summed E-state index contributed by atoms with van der Waals surface area (Å²) in [6.07, 6.45) is 5.73. The topological polar surface area (TPSA) is 38.5 Å². The van der Waals surface area contributed by atoms with Crippen LogP contribution in [0.3, 0.4) is 0 Å². The van der Waals surface area contributed by atoms with Crippen molar-refractivity contribution in [3.63, 3.8) is 0 Å². The summed E-state index contributed by atoms with van der Waals surface area (Å²) >= 11 is 0. The Bertz CT molecular complexity index is 214. The molecule has 0 aliphatic carbocycles. The molecule has 0 aromatic carbocycles. The van der Waals surface area contributed by atoms with Gasteiger partial charge in [0.1, 0.15) is 0 Å². The van der Waals surface area contributed by atoms with Gasteiger partial charge in [-0.3, -0.25) is 4.90 Å². The largest absolute Gasteiger partial charge is 0.374 e. The van der Waals surface area contributed by atoms with Crippen molar-refractivity contribution >= 4 is 0 Å².